The minimum atomic E-state index is -2.04. The minimum Gasteiger partial charge on any atom is -0.481 e. The molecule has 0 unspecified atom stereocenters. The molecule has 0 rings (SSSR count). The number of methoxy groups -OCH3 is 1. The summed E-state index contributed by atoms with van der Waals surface area (Å²) in [6, 6.07) is 2.94. The number of ether oxygens (including phenoxy) is 1. The lowest BCUT2D eigenvalue weighted by Crippen LogP contribution is -2.53. The highest BCUT2D eigenvalue weighted by atomic mass is 28.4. The molecule has 0 fully saturated rings. The highest BCUT2D eigenvalue weighted by molar-refractivity contribution is 6.74. The molecule has 9 heteroatoms. The molecule has 6 nitrogen and oxygen atoms in total. The van der Waals surface area contributed by atoms with Crippen molar-refractivity contribution in [1.29, 1.82) is 0 Å². The van der Waals surface area contributed by atoms with Gasteiger partial charge in [-0.3, -0.25) is 4.79 Å². The summed E-state index contributed by atoms with van der Waals surface area (Å²) in [7, 11) is -4.11. The summed E-state index contributed by atoms with van der Waals surface area (Å²) in [5.41, 5.74) is -0.507. The fourth-order valence-electron chi connectivity index (χ4n) is 4.49. The Bertz CT molecular complexity index is 672. The maximum Gasteiger partial charge on any atom is 0.305 e. The quantitative estimate of drug-likeness (QED) is 0.165. The number of carbonyl (C=O) groups is 1. The third-order valence-electron chi connectivity index (χ3n) is 8.74. The number of hydrogen-bond donors (Lipinski definition) is 1. The van der Waals surface area contributed by atoms with Crippen molar-refractivity contribution in [2.75, 3.05) is 13.7 Å². The molecule has 0 aromatic heterocycles. The van der Waals surface area contributed by atoms with Crippen molar-refractivity contribution in [3.63, 3.8) is 0 Å². The maximum absolute atomic E-state index is 12.0. The molecule has 1 N–H and O–H groups in total. The normalized spacial score (nSPS) is 17.4. The molecule has 0 spiro atoms. The Balaban J connectivity index is 6.17. The molecule has 0 amide bonds. The van der Waals surface area contributed by atoms with Gasteiger partial charge in [0.25, 0.3) is 0 Å². The zero-order valence-corrected chi connectivity index (χ0v) is 30.0. The molecule has 222 valence electrons. The number of hydrogen-bond acceptors (Lipinski definition) is 5. The zero-order chi connectivity index (χ0) is 29.5. The second-order valence-electron chi connectivity index (χ2n) is 14.0. The number of rotatable bonds is 18. The van der Waals surface area contributed by atoms with Crippen LogP contribution in [-0.4, -0.2) is 68.1 Å². The van der Waals surface area contributed by atoms with Crippen LogP contribution in [-0.2, 0) is 22.8 Å². The van der Waals surface area contributed by atoms with Crippen LogP contribution in [0.4, 0.5) is 0 Å². The van der Waals surface area contributed by atoms with E-state index in [2.05, 4.69) is 95.0 Å². The largest absolute Gasteiger partial charge is 0.481 e. The van der Waals surface area contributed by atoms with E-state index in [9.17, 15) is 9.90 Å². The van der Waals surface area contributed by atoms with Crippen molar-refractivity contribution in [3.8, 4) is 0 Å². The Kier molecular flexibility index (Phi) is 14.5. The van der Waals surface area contributed by atoms with E-state index in [4.69, 9.17) is 18.0 Å². The van der Waals surface area contributed by atoms with Crippen molar-refractivity contribution in [3.05, 3.63) is 0 Å². The fraction of sp³-hybridized carbons (Fsp3) is 0.964. The summed E-state index contributed by atoms with van der Waals surface area (Å²) in [4.78, 5) is 12.0. The highest BCUT2D eigenvalue weighted by Crippen LogP contribution is 2.41. The van der Waals surface area contributed by atoms with Gasteiger partial charge in [0, 0.05) is 25.0 Å². The average molecular weight is 579 g/mol. The van der Waals surface area contributed by atoms with Crippen LogP contribution in [0.15, 0.2) is 0 Å². The van der Waals surface area contributed by atoms with Crippen LogP contribution in [0.2, 0.25) is 55.9 Å². The Labute approximate surface area is 233 Å². The summed E-state index contributed by atoms with van der Waals surface area (Å²) in [6.45, 7) is 31.6. The van der Waals surface area contributed by atoms with Gasteiger partial charge in [0.05, 0.1) is 24.7 Å². The van der Waals surface area contributed by atoms with Crippen molar-refractivity contribution in [2.45, 2.75) is 149 Å². The van der Waals surface area contributed by atoms with Crippen molar-refractivity contribution in [2.24, 2.45) is 11.3 Å². The van der Waals surface area contributed by atoms with E-state index in [1.807, 2.05) is 0 Å². The summed E-state index contributed by atoms with van der Waals surface area (Å²) in [6.07, 6.45) is -0.0277. The molecular formula is C28H62O6Si3. The van der Waals surface area contributed by atoms with Gasteiger partial charge < -0.3 is 23.1 Å². The van der Waals surface area contributed by atoms with Crippen LogP contribution in [0.25, 0.3) is 0 Å². The first-order valence-electron chi connectivity index (χ1n) is 14.4. The Morgan fingerprint density at radius 1 is 0.865 bits per heavy atom. The molecular weight excluding hydrogens is 517 g/mol. The molecule has 0 radical (unpaired) electrons. The lowest BCUT2D eigenvalue weighted by molar-refractivity contribution is -0.142. The molecule has 0 aliphatic rings. The maximum atomic E-state index is 12.0. The van der Waals surface area contributed by atoms with E-state index in [0.29, 0.717) is 13.0 Å². The van der Waals surface area contributed by atoms with Crippen molar-refractivity contribution in [1.82, 2.24) is 0 Å². The molecule has 0 aliphatic carbocycles. The number of carboxylic acid groups (broad SMARTS) is 1. The van der Waals surface area contributed by atoms with Crippen LogP contribution in [0, 0.1) is 11.3 Å². The van der Waals surface area contributed by atoms with Crippen LogP contribution in [0.5, 0.6) is 0 Å². The molecule has 0 aliphatic heterocycles. The molecule has 0 aromatic carbocycles. The van der Waals surface area contributed by atoms with E-state index in [1.165, 1.54) is 0 Å². The Hall–Kier alpha value is -0.0394. The third kappa shape index (κ3) is 11.5. The van der Waals surface area contributed by atoms with Crippen molar-refractivity contribution < 1.29 is 27.9 Å². The van der Waals surface area contributed by atoms with Gasteiger partial charge in [0.2, 0.25) is 0 Å². The predicted molar refractivity (Wildman–Crippen MR) is 164 cm³/mol. The Morgan fingerprint density at radius 2 is 1.35 bits per heavy atom. The predicted octanol–water partition coefficient (Wildman–Crippen LogP) is 8.16. The minimum absolute atomic E-state index is 0.0189. The second kappa shape index (κ2) is 14.6. The van der Waals surface area contributed by atoms with E-state index >= 15 is 0 Å². The average Bonchev–Trinajstić information content (AvgIpc) is 2.76. The van der Waals surface area contributed by atoms with E-state index in [1.54, 1.807) is 7.11 Å². The monoisotopic (exact) mass is 578 g/mol. The Morgan fingerprint density at radius 3 is 1.70 bits per heavy atom. The summed E-state index contributed by atoms with van der Waals surface area (Å²) in [5.74, 6) is -0.646. The van der Waals surface area contributed by atoms with Gasteiger partial charge in [-0.1, -0.05) is 62.3 Å². The molecule has 0 saturated carbocycles. The van der Waals surface area contributed by atoms with E-state index < -0.39 is 42.4 Å². The first kappa shape index (κ1) is 37.0. The fourth-order valence-corrected chi connectivity index (χ4v) is 9.85. The lowest BCUT2D eigenvalue weighted by atomic mass is 9.76. The van der Waals surface area contributed by atoms with Gasteiger partial charge in [-0.15, -0.1) is 0 Å². The molecule has 0 aromatic rings. The van der Waals surface area contributed by atoms with E-state index in [0.717, 1.165) is 18.1 Å². The van der Waals surface area contributed by atoms with Crippen LogP contribution >= 0.6 is 0 Å². The van der Waals surface area contributed by atoms with Crippen LogP contribution < -0.4 is 0 Å². The van der Waals surface area contributed by atoms with Crippen molar-refractivity contribution >= 4 is 30.9 Å². The molecule has 4 atom stereocenters. The molecule has 37 heavy (non-hydrogen) atoms. The second-order valence-corrected chi connectivity index (χ2v) is 28.0. The molecule has 0 bridgehead atoms. The lowest BCUT2D eigenvalue weighted by Gasteiger charge is -2.47. The van der Waals surface area contributed by atoms with Gasteiger partial charge in [0.1, 0.15) is 0 Å². The summed E-state index contributed by atoms with van der Waals surface area (Å²) >= 11 is 0. The van der Waals surface area contributed by atoms with Gasteiger partial charge >= 0.3 is 5.97 Å². The first-order chi connectivity index (χ1) is 16.6. The van der Waals surface area contributed by atoms with Crippen LogP contribution in [0.3, 0.4) is 0 Å². The van der Waals surface area contributed by atoms with Gasteiger partial charge in [-0.2, -0.15) is 0 Å². The van der Waals surface area contributed by atoms with Gasteiger partial charge in [0.15, 0.2) is 25.0 Å². The van der Waals surface area contributed by atoms with Crippen LogP contribution in [0.1, 0.15) is 75.2 Å². The topological polar surface area (TPSA) is 74.2 Å². The highest BCUT2D eigenvalue weighted by Gasteiger charge is 2.46. The van der Waals surface area contributed by atoms with Gasteiger partial charge in [-0.05, 0) is 62.3 Å². The summed E-state index contributed by atoms with van der Waals surface area (Å²) in [5, 5.41) is 10.0. The first-order valence-corrected chi connectivity index (χ1v) is 23.2. The van der Waals surface area contributed by atoms with Gasteiger partial charge in [-0.25, -0.2) is 0 Å². The standard InChI is InChI=1S/C28H62O6Si3/c1-16-37(17-2,18-3)34-25(20-26(29)30)28(8,9)24(33-35(11,12)13)19-23(31-10)22(4)21-32-36(14,15)27(5,6)7/h22-25H,16-21H2,1-15H3,(H,29,30)/t22-,23-,24-,25-/m0/s1. The molecule has 0 saturated heterocycles. The summed E-state index contributed by atoms with van der Waals surface area (Å²) < 4.78 is 26.3. The zero-order valence-electron chi connectivity index (χ0n) is 27.0. The van der Waals surface area contributed by atoms with E-state index in [-0.39, 0.29) is 29.6 Å². The SMILES string of the molecule is CC[Si](CC)(CC)O[C@@H](CC(=O)O)C(C)(C)[C@H](C[C@H](OC)[C@@H](C)CO[Si](C)(C)C(C)(C)C)O[Si](C)(C)C. The number of aliphatic carboxylic acids is 1. The molecule has 0 heterocycles. The third-order valence-corrected chi connectivity index (χ3v) is 18.9. The number of carboxylic acids is 1. The smallest absolute Gasteiger partial charge is 0.305 e.